The molecule has 2 aliphatic rings. The average Bonchev–Trinajstić information content (AvgIpc) is 4.23. The van der Waals surface area contributed by atoms with Gasteiger partial charge in [0.1, 0.15) is 52.0 Å². The largest absolute Gasteiger partial charge is 0.505 e. The average molecular weight is 1130 g/mol. The fourth-order valence-corrected chi connectivity index (χ4v) is 10.0. The van der Waals surface area contributed by atoms with Crippen LogP contribution < -0.4 is 31.4 Å². The van der Waals surface area contributed by atoms with Crippen LogP contribution in [0.25, 0.3) is 21.9 Å². The summed E-state index contributed by atoms with van der Waals surface area (Å²) in [6, 6.07) is 11.9. The van der Waals surface area contributed by atoms with Gasteiger partial charge in [0.15, 0.2) is 47.3 Å². The Morgan fingerprint density at radius 2 is 1.00 bits per heavy atom. The summed E-state index contributed by atoms with van der Waals surface area (Å²) in [5, 5.41) is 50.4. The Labute approximate surface area is 482 Å². The van der Waals surface area contributed by atoms with Crippen LogP contribution in [0.15, 0.2) is 73.2 Å². The number of hydrogen-bond acceptors (Lipinski definition) is 20. The number of carbonyl (C=O) groups is 4. The maximum atomic E-state index is 13.7. The standard InChI is InChI=1S/C55H59N5O20.Na/c1-21-12-16-29(57-21)48(67)77-42-38(63)52(79-54(6,7)44(42)71-10)73-31-18-14-26-36(61)34(50(69)75-40(26)24(31)4)59-46(65)28-20-56-33(23(28)3)47(66)60-35-37(62)27-15-19-32(25(5)41(27)76-51(35)70)74-53-39(64)43(45(72-11)55(8,9)80-53)78-49(68)30-17-13-22(2)58-30;/h12-20,38-39,42-45,52-53,56-58,61-64H,1-11H3,(H,59,65)(H,60,66);/t38-,39+,42+,43-,44-,45+,52-,53+;/m1./s1. The number of amides is 2. The topological polar surface area (TPSA) is 355 Å². The summed E-state index contributed by atoms with van der Waals surface area (Å²) < 4.78 is 58.3. The van der Waals surface area contributed by atoms with Gasteiger partial charge in [-0.1, -0.05) is 0 Å². The van der Waals surface area contributed by atoms with Gasteiger partial charge in [0.05, 0.1) is 27.5 Å². The Morgan fingerprint density at radius 1 is 0.593 bits per heavy atom. The first-order valence-electron chi connectivity index (χ1n) is 25.0. The van der Waals surface area contributed by atoms with E-state index in [1.165, 1.54) is 71.4 Å². The van der Waals surface area contributed by atoms with Crippen molar-refractivity contribution >= 4 is 86.6 Å². The molecule has 25 nitrogen and oxygen atoms in total. The number of anilines is 2. The Hall–Kier alpha value is -7.46. The van der Waals surface area contributed by atoms with E-state index in [2.05, 4.69) is 25.6 Å². The third kappa shape index (κ3) is 11.2. The monoisotopic (exact) mass is 1130 g/mol. The SMILES string of the molecule is CO[C@@H]1[C@@H](OC(=O)c2ccc(C)[nH]2)[C@@H](O)[C@H](Oc2ccc3c(O)c(NC(=O)c4c[nH]c(C(=O)Nc5c(O)c6ccc(O[C@H]7OC(C)(C)[C@@H](OC)[C@H](OC(=O)c8ccc(C)[nH]8)[C@@H]7O)c(C)c6oc5=O)c4C)c(=O)oc3c2C)OC1(C)C.[Na]. The summed E-state index contributed by atoms with van der Waals surface area (Å²) in [5.41, 5.74) is -4.60. The van der Waals surface area contributed by atoms with Crippen LogP contribution in [-0.2, 0) is 28.4 Å². The Balaban J connectivity index is 0.00000860. The van der Waals surface area contributed by atoms with E-state index in [0.717, 1.165) is 6.20 Å². The zero-order valence-electron chi connectivity index (χ0n) is 46.1. The van der Waals surface area contributed by atoms with Crippen LogP contribution in [0.5, 0.6) is 23.0 Å². The number of fused-ring (bicyclic) bond motifs is 2. The number of aliphatic hydroxyl groups excluding tert-OH is 2. The molecule has 2 saturated heterocycles. The Morgan fingerprint density at radius 3 is 1.38 bits per heavy atom. The van der Waals surface area contributed by atoms with E-state index in [1.807, 2.05) is 0 Å². The second-order valence-corrected chi connectivity index (χ2v) is 20.5. The summed E-state index contributed by atoms with van der Waals surface area (Å²) in [6.07, 6.45) is -9.34. The van der Waals surface area contributed by atoms with Gasteiger partial charge in [0.25, 0.3) is 11.8 Å². The summed E-state index contributed by atoms with van der Waals surface area (Å²) in [7, 11) is 2.76. The number of benzene rings is 2. The van der Waals surface area contributed by atoms with Crippen LogP contribution in [0.1, 0.15) is 97.6 Å². The van der Waals surface area contributed by atoms with E-state index in [4.69, 9.17) is 46.7 Å². The van der Waals surface area contributed by atoms with Crippen LogP contribution in [0, 0.1) is 34.6 Å². The van der Waals surface area contributed by atoms with Gasteiger partial charge in [0, 0.05) is 72.5 Å². The molecule has 8 atom stereocenters. The number of aromatic nitrogens is 3. The van der Waals surface area contributed by atoms with Crippen molar-refractivity contribution in [3.8, 4) is 23.0 Å². The summed E-state index contributed by atoms with van der Waals surface area (Å²) in [6.45, 7) is 14.6. The van der Waals surface area contributed by atoms with Gasteiger partial charge in [-0.25, -0.2) is 19.2 Å². The molecular formula is C55H59N5NaO20. The van der Waals surface area contributed by atoms with Crippen LogP contribution in [-0.4, -0.2) is 163 Å². The van der Waals surface area contributed by atoms with Gasteiger partial charge in [-0.05, 0) is 116 Å². The minimum absolute atomic E-state index is 0. The van der Waals surface area contributed by atoms with Crippen molar-refractivity contribution in [1.29, 1.82) is 0 Å². The third-order valence-electron chi connectivity index (χ3n) is 14.2. The van der Waals surface area contributed by atoms with Crippen molar-refractivity contribution in [3.05, 3.63) is 126 Å². The molecule has 425 valence electrons. The number of aromatic hydroxyl groups is 2. The minimum Gasteiger partial charge on any atom is -0.505 e. The first-order valence-corrected chi connectivity index (χ1v) is 25.0. The van der Waals surface area contributed by atoms with Crippen molar-refractivity contribution in [2.24, 2.45) is 0 Å². The maximum absolute atomic E-state index is 13.7. The third-order valence-corrected chi connectivity index (χ3v) is 14.2. The predicted molar refractivity (Wildman–Crippen MR) is 287 cm³/mol. The molecule has 9 rings (SSSR count). The number of ether oxygens (including phenoxy) is 8. The molecule has 2 fully saturated rings. The number of carbonyl (C=O) groups excluding carboxylic acids is 4. The summed E-state index contributed by atoms with van der Waals surface area (Å²) in [5.74, 6) is -4.71. The molecule has 0 saturated carbocycles. The molecule has 26 heteroatoms. The number of esters is 2. The van der Waals surface area contributed by atoms with E-state index in [1.54, 1.807) is 53.7 Å². The fraction of sp³-hybridized carbons (Fsp3) is 0.382. The molecule has 7 aromatic rings. The smallest absolute Gasteiger partial charge is 0.364 e. The molecule has 7 heterocycles. The molecule has 81 heavy (non-hydrogen) atoms. The van der Waals surface area contributed by atoms with Gasteiger partial charge in [-0.15, -0.1) is 0 Å². The molecule has 0 spiro atoms. The zero-order chi connectivity index (χ0) is 58.0. The number of aryl methyl sites for hydroxylation is 4. The number of aliphatic hydroxyl groups is 2. The second-order valence-electron chi connectivity index (χ2n) is 20.5. The summed E-state index contributed by atoms with van der Waals surface area (Å²) >= 11 is 0. The zero-order valence-corrected chi connectivity index (χ0v) is 48.1. The van der Waals surface area contributed by atoms with Crippen LogP contribution in [0.3, 0.4) is 0 Å². The number of aromatic amines is 3. The maximum Gasteiger partial charge on any atom is 0.364 e. The molecule has 2 aromatic carbocycles. The molecule has 0 aliphatic carbocycles. The molecule has 9 N–H and O–H groups in total. The minimum atomic E-state index is -1.59. The van der Waals surface area contributed by atoms with Gasteiger partial charge in [-0.2, -0.15) is 0 Å². The first-order chi connectivity index (χ1) is 37.7. The van der Waals surface area contributed by atoms with Gasteiger partial charge >= 0.3 is 23.2 Å². The molecule has 2 aliphatic heterocycles. The Kier molecular flexibility index (Phi) is 16.8. The molecule has 0 bridgehead atoms. The Bertz CT molecular complexity index is 3490. The molecule has 2 amide bonds. The van der Waals surface area contributed by atoms with Crippen molar-refractivity contribution in [1.82, 2.24) is 15.0 Å². The van der Waals surface area contributed by atoms with Gasteiger partial charge in [0.2, 0.25) is 12.6 Å². The number of methoxy groups -OCH3 is 2. The van der Waals surface area contributed by atoms with Crippen molar-refractivity contribution in [2.75, 3.05) is 24.9 Å². The second kappa shape index (κ2) is 22.8. The van der Waals surface area contributed by atoms with Crippen LogP contribution in [0.4, 0.5) is 11.4 Å². The number of nitrogens with one attached hydrogen (secondary N) is 5. The van der Waals surface area contributed by atoms with Crippen molar-refractivity contribution < 1.29 is 86.3 Å². The van der Waals surface area contributed by atoms with E-state index >= 15 is 0 Å². The molecular weight excluding hydrogens is 1070 g/mol. The fourth-order valence-electron chi connectivity index (χ4n) is 10.0. The first kappa shape index (κ1) is 59.7. The number of hydrogen-bond donors (Lipinski definition) is 9. The number of H-pyrrole nitrogens is 3. The molecule has 1 radical (unpaired) electrons. The van der Waals surface area contributed by atoms with E-state index in [9.17, 15) is 49.2 Å². The summed E-state index contributed by atoms with van der Waals surface area (Å²) in [4.78, 5) is 89.0. The van der Waals surface area contributed by atoms with Crippen molar-refractivity contribution in [2.45, 2.75) is 123 Å². The van der Waals surface area contributed by atoms with Gasteiger partial charge < -0.3 is 92.7 Å². The molecule has 0 unspecified atom stereocenters. The van der Waals surface area contributed by atoms with Gasteiger partial charge in [-0.3, -0.25) is 9.59 Å². The van der Waals surface area contributed by atoms with Crippen LogP contribution in [0.2, 0.25) is 0 Å². The van der Waals surface area contributed by atoms with E-state index in [-0.39, 0.29) is 102 Å². The quantitative estimate of drug-likeness (QED) is 0.0384. The van der Waals surface area contributed by atoms with Crippen molar-refractivity contribution in [3.63, 3.8) is 0 Å². The van der Waals surface area contributed by atoms with Crippen LogP contribution >= 0.6 is 0 Å². The predicted octanol–water partition coefficient (Wildman–Crippen LogP) is 5.19. The van der Waals surface area contributed by atoms with E-state index in [0.29, 0.717) is 11.4 Å². The molecule has 5 aromatic heterocycles. The number of rotatable bonds is 14. The normalized spacial score (nSPS) is 22.1. The van der Waals surface area contributed by atoms with E-state index < -0.39 is 118 Å².